The summed E-state index contributed by atoms with van der Waals surface area (Å²) in [5, 5.41) is 0. The van der Waals surface area contributed by atoms with Crippen LogP contribution < -0.4 is 5.73 Å². The standard InChI is InChI=1S/C22H27N3O2.ClH/c1-3-24(4-2)21(26)17-10-12-18(13-11-17)22(27)25-14-19(20(23)15-25)16-8-6-5-7-9-16;/h5-13,19-20H,3-4,14-15,23H2,1-2H3;1H/t19-,20+;/m0./s1. The van der Waals surface area contributed by atoms with Crippen LogP contribution in [0.25, 0.3) is 0 Å². The van der Waals surface area contributed by atoms with Crippen LogP contribution in [0.3, 0.4) is 0 Å². The number of amides is 2. The first-order chi connectivity index (χ1) is 13.0. The van der Waals surface area contributed by atoms with Crippen molar-refractivity contribution in [3.8, 4) is 0 Å². The second-order valence-corrected chi connectivity index (χ2v) is 6.95. The minimum Gasteiger partial charge on any atom is -0.339 e. The van der Waals surface area contributed by atoms with E-state index in [2.05, 4.69) is 12.1 Å². The van der Waals surface area contributed by atoms with Gasteiger partial charge in [0.25, 0.3) is 11.8 Å². The third kappa shape index (κ3) is 4.54. The first-order valence-corrected chi connectivity index (χ1v) is 9.54. The van der Waals surface area contributed by atoms with Gasteiger partial charge < -0.3 is 15.5 Å². The maximum absolute atomic E-state index is 12.9. The van der Waals surface area contributed by atoms with E-state index in [1.54, 1.807) is 29.2 Å². The average molecular weight is 402 g/mol. The molecule has 2 aromatic rings. The van der Waals surface area contributed by atoms with Crippen LogP contribution in [0.2, 0.25) is 0 Å². The molecule has 0 unspecified atom stereocenters. The van der Waals surface area contributed by atoms with Crippen LogP contribution in [0.1, 0.15) is 46.0 Å². The van der Waals surface area contributed by atoms with E-state index in [9.17, 15) is 9.59 Å². The Labute approximate surface area is 172 Å². The van der Waals surface area contributed by atoms with Crippen molar-refractivity contribution >= 4 is 24.2 Å². The molecule has 0 radical (unpaired) electrons. The summed E-state index contributed by atoms with van der Waals surface area (Å²) in [5.74, 6) is 0.107. The van der Waals surface area contributed by atoms with Crippen molar-refractivity contribution in [1.29, 1.82) is 0 Å². The summed E-state index contributed by atoms with van der Waals surface area (Å²) in [6.45, 7) is 6.41. The number of halogens is 1. The summed E-state index contributed by atoms with van der Waals surface area (Å²) in [7, 11) is 0. The Morgan fingerprint density at radius 1 is 0.964 bits per heavy atom. The van der Waals surface area contributed by atoms with Gasteiger partial charge in [0, 0.05) is 49.3 Å². The zero-order chi connectivity index (χ0) is 19.4. The molecule has 1 aliphatic rings. The summed E-state index contributed by atoms with van der Waals surface area (Å²) in [4.78, 5) is 28.8. The number of hydrogen-bond acceptors (Lipinski definition) is 3. The lowest BCUT2D eigenvalue weighted by Crippen LogP contribution is -2.32. The highest BCUT2D eigenvalue weighted by Crippen LogP contribution is 2.27. The Morgan fingerprint density at radius 2 is 1.54 bits per heavy atom. The summed E-state index contributed by atoms with van der Waals surface area (Å²) < 4.78 is 0. The fraction of sp³-hybridized carbons (Fsp3) is 0.364. The third-order valence-corrected chi connectivity index (χ3v) is 5.31. The van der Waals surface area contributed by atoms with Crippen molar-refractivity contribution in [1.82, 2.24) is 9.80 Å². The number of benzene rings is 2. The second-order valence-electron chi connectivity index (χ2n) is 6.95. The molecule has 5 nitrogen and oxygen atoms in total. The molecule has 3 rings (SSSR count). The van der Waals surface area contributed by atoms with Gasteiger partial charge in [-0.3, -0.25) is 9.59 Å². The first-order valence-electron chi connectivity index (χ1n) is 9.54. The Kier molecular flexibility index (Phi) is 7.61. The van der Waals surface area contributed by atoms with Gasteiger partial charge in [-0.2, -0.15) is 0 Å². The van der Waals surface area contributed by atoms with E-state index in [4.69, 9.17) is 5.73 Å². The van der Waals surface area contributed by atoms with Crippen LogP contribution in [0.15, 0.2) is 54.6 Å². The Balaban J connectivity index is 0.00000280. The third-order valence-electron chi connectivity index (χ3n) is 5.31. The Bertz CT molecular complexity index is 791. The largest absolute Gasteiger partial charge is 0.339 e. The van der Waals surface area contributed by atoms with Gasteiger partial charge in [0.15, 0.2) is 0 Å². The molecule has 1 heterocycles. The number of likely N-dealkylation sites (tertiary alicyclic amines) is 1. The van der Waals surface area contributed by atoms with Crippen molar-refractivity contribution in [2.45, 2.75) is 25.8 Å². The maximum atomic E-state index is 12.9. The Morgan fingerprint density at radius 3 is 2.11 bits per heavy atom. The van der Waals surface area contributed by atoms with Gasteiger partial charge in [0.05, 0.1) is 0 Å². The lowest BCUT2D eigenvalue weighted by Gasteiger charge is -2.19. The van der Waals surface area contributed by atoms with Gasteiger partial charge in [-0.1, -0.05) is 30.3 Å². The van der Waals surface area contributed by atoms with Gasteiger partial charge in [-0.15, -0.1) is 12.4 Å². The fourth-order valence-corrected chi connectivity index (χ4v) is 3.68. The van der Waals surface area contributed by atoms with Crippen molar-refractivity contribution < 1.29 is 9.59 Å². The molecule has 150 valence electrons. The van der Waals surface area contributed by atoms with Crippen LogP contribution in [0, 0.1) is 0 Å². The van der Waals surface area contributed by atoms with Gasteiger partial charge >= 0.3 is 0 Å². The fourth-order valence-electron chi connectivity index (χ4n) is 3.68. The molecule has 0 saturated carbocycles. The second kappa shape index (κ2) is 9.71. The predicted octanol–water partition coefficient (Wildman–Crippen LogP) is 3.16. The van der Waals surface area contributed by atoms with Gasteiger partial charge in [-0.05, 0) is 43.7 Å². The molecular weight excluding hydrogens is 374 g/mol. The minimum absolute atomic E-state index is 0. The summed E-state index contributed by atoms with van der Waals surface area (Å²) in [5.41, 5.74) is 8.66. The highest BCUT2D eigenvalue weighted by Gasteiger charge is 2.34. The average Bonchev–Trinajstić information content (AvgIpc) is 3.10. The normalized spacial score (nSPS) is 18.5. The minimum atomic E-state index is -0.0696. The molecule has 2 aromatic carbocycles. The maximum Gasteiger partial charge on any atom is 0.253 e. The molecule has 2 N–H and O–H groups in total. The van der Waals surface area contributed by atoms with Crippen LogP contribution >= 0.6 is 12.4 Å². The van der Waals surface area contributed by atoms with Crippen molar-refractivity contribution in [2.75, 3.05) is 26.2 Å². The number of nitrogens with zero attached hydrogens (tertiary/aromatic N) is 2. The SMILES string of the molecule is CCN(CC)C(=O)c1ccc(C(=O)N2C[C@@H](N)[C@H](c3ccccc3)C2)cc1.Cl. The summed E-state index contributed by atoms with van der Waals surface area (Å²) in [6.07, 6.45) is 0. The number of carbonyl (C=O) groups excluding carboxylic acids is 2. The molecule has 2 atom stereocenters. The number of carbonyl (C=O) groups is 2. The molecule has 2 amide bonds. The van der Waals surface area contributed by atoms with Crippen LogP contribution in [-0.2, 0) is 0 Å². The molecule has 0 aliphatic carbocycles. The van der Waals surface area contributed by atoms with E-state index >= 15 is 0 Å². The first kappa shape index (κ1) is 21.9. The summed E-state index contributed by atoms with van der Waals surface area (Å²) in [6, 6.07) is 17.0. The smallest absolute Gasteiger partial charge is 0.253 e. The quantitative estimate of drug-likeness (QED) is 0.836. The van der Waals surface area contributed by atoms with Gasteiger partial charge in [0.1, 0.15) is 0 Å². The Hall–Kier alpha value is -2.37. The highest BCUT2D eigenvalue weighted by molar-refractivity contribution is 5.98. The van der Waals surface area contributed by atoms with Crippen molar-refractivity contribution in [3.05, 3.63) is 71.3 Å². The van der Waals surface area contributed by atoms with Crippen LogP contribution in [-0.4, -0.2) is 53.8 Å². The number of hydrogen-bond donors (Lipinski definition) is 1. The van der Waals surface area contributed by atoms with Crippen LogP contribution in [0.4, 0.5) is 0 Å². The highest BCUT2D eigenvalue weighted by atomic mass is 35.5. The zero-order valence-corrected chi connectivity index (χ0v) is 17.2. The monoisotopic (exact) mass is 401 g/mol. The van der Waals surface area contributed by atoms with Crippen molar-refractivity contribution in [2.24, 2.45) is 5.73 Å². The molecule has 6 heteroatoms. The van der Waals surface area contributed by atoms with E-state index in [0.717, 1.165) is 0 Å². The van der Waals surface area contributed by atoms with E-state index in [1.807, 2.05) is 36.9 Å². The zero-order valence-electron chi connectivity index (χ0n) is 16.4. The molecular formula is C22H28ClN3O2. The lowest BCUT2D eigenvalue weighted by atomic mass is 9.95. The van der Waals surface area contributed by atoms with Gasteiger partial charge in [-0.25, -0.2) is 0 Å². The molecule has 1 aliphatic heterocycles. The van der Waals surface area contributed by atoms with E-state index in [-0.39, 0.29) is 36.2 Å². The molecule has 0 spiro atoms. The molecule has 1 saturated heterocycles. The van der Waals surface area contributed by atoms with Gasteiger partial charge in [0.2, 0.25) is 0 Å². The van der Waals surface area contributed by atoms with E-state index in [1.165, 1.54) is 5.56 Å². The van der Waals surface area contributed by atoms with Crippen molar-refractivity contribution in [3.63, 3.8) is 0 Å². The molecule has 0 bridgehead atoms. The number of nitrogens with two attached hydrogens (primary N) is 1. The lowest BCUT2D eigenvalue weighted by molar-refractivity contribution is 0.0766. The number of rotatable bonds is 5. The topological polar surface area (TPSA) is 66.6 Å². The van der Waals surface area contributed by atoms with E-state index in [0.29, 0.717) is 37.3 Å². The predicted molar refractivity (Wildman–Crippen MR) is 114 cm³/mol. The molecule has 1 fully saturated rings. The van der Waals surface area contributed by atoms with E-state index < -0.39 is 0 Å². The van der Waals surface area contributed by atoms with Crippen LogP contribution in [0.5, 0.6) is 0 Å². The molecule has 28 heavy (non-hydrogen) atoms. The molecule has 0 aromatic heterocycles. The summed E-state index contributed by atoms with van der Waals surface area (Å²) >= 11 is 0.